The number of hydrogen-bond donors (Lipinski definition) is 7. The monoisotopic (exact) mass is 427 g/mol. The van der Waals surface area contributed by atoms with Gasteiger partial charge in [0.15, 0.2) is 17.5 Å². The molecule has 1 unspecified atom stereocenters. The van der Waals surface area contributed by atoms with Gasteiger partial charge in [-0.2, -0.15) is 0 Å². The molecule has 1 aliphatic heterocycles. The quantitative estimate of drug-likeness (QED) is 0.209. The number of hydrogen-bond acceptors (Lipinski definition) is 6. The van der Waals surface area contributed by atoms with Crippen LogP contribution in [0.2, 0.25) is 0 Å². The fraction of sp³-hybridized carbons (Fsp3) is 0.286. The summed E-state index contributed by atoms with van der Waals surface area (Å²) in [4.78, 5) is 26.3. The van der Waals surface area contributed by atoms with Crippen molar-refractivity contribution >= 4 is 23.5 Å². The average molecular weight is 427 g/mol. The van der Waals surface area contributed by atoms with Crippen LogP contribution in [0.25, 0.3) is 0 Å². The molecule has 1 heterocycles. The number of aromatic hydroxyl groups is 2. The minimum atomic E-state index is -1.08. The minimum Gasteiger partial charge on any atom is -0.504 e. The van der Waals surface area contributed by atoms with Gasteiger partial charge in [-0.05, 0) is 48.7 Å². The molecule has 1 saturated heterocycles. The number of piperidine rings is 1. The second-order valence-corrected chi connectivity index (χ2v) is 7.34. The van der Waals surface area contributed by atoms with Crippen LogP contribution in [0.4, 0.5) is 5.69 Å². The first-order valence-corrected chi connectivity index (χ1v) is 9.75. The summed E-state index contributed by atoms with van der Waals surface area (Å²) < 4.78 is 0. The Labute approximate surface area is 178 Å². The second-order valence-electron chi connectivity index (χ2n) is 7.34. The highest BCUT2D eigenvalue weighted by molar-refractivity contribution is 5.97. The Kier molecular flexibility index (Phi) is 6.61. The van der Waals surface area contributed by atoms with Crippen LogP contribution >= 0.6 is 0 Å². The predicted octanol–water partition coefficient (Wildman–Crippen LogP) is 0.685. The maximum Gasteiger partial charge on any atom is 0.251 e. The van der Waals surface area contributed by atoms with Gasteiger partial charge in [0.1, 0.15) is 6.23 Å². The summed E-state index contributed by atoms with van der Waals surface area (Å²) in [5.41, 5.74) is 6.70. The number of benzene rings is 2. The number of nitrogens with two attached hydrogens (primary N) is 1. The van der Waals surface area contributed by atoms with Crippen molar-refractivity contribution in [3.05, 3.63) is 53.6 Å². The summed E-state index contributed by atoms with van der Waals surface area (Å²) >= 11 is 0. The molecule has 0 aliphatic carbocycles. The highest BCUT2D eigenvalue weighted by Gasteiger charge is 2.31. The lowest BCUT2D eigenvalue weighted by atomic mass is 10.0. The minimum absolute atomic E-state index is 0.0284. The zero-order chi connectivity index (χ0) is 22.5. The summed E-state index contributed by atoms with van der Waals surface area (Å²) in [6, 6.07) is 9.91. The number of carbonyl (C=O) groups excluding carboxylic acids is 2. The van der Waals surface area contributed by atoms with E-state index < -0.39 is 18.2 Å². The maximum absolute atomic E-state index is 12.6. The van der Waals surface area contributed by atoms with E-state index in [4.69, 9.17) is 11.1 Å². The van der Waals surface area contributed by atoms with Crippen LogP contribution in [0.3, 0.4) is 0 Å². The number of anilines is 1. The van der Waals surface area contributed by atoms with Crippen molar-refractivity contribution < 1.29 is 24.9 Å². The van der Waals surface area contributed by atoms with Gasteiger partial charge < -0.3 is 36.6 Å². The largest absolute Gasteiger partial charge is 0.504 e. The molecule has 10 heteroatoms. The second kappa shape index (κ2) is 9.35. The molecule has 3 rings (SSSR count). The van der Waals surface area contributed by atoms with Crippen molar-refractivity contribution in [2.45, 2.75) is 31.5 Å². The van der Waals surface area contributed by atoms with Gasteiger partial charge in [-0.25, -0.2) is 0 Å². The van der Waals surface area contributed by atoms with Gasteiger partial charge in [-0.15, -0.1) is 0 Å². The van der Waals surface area contributed by atoms with E-state index in [9.17, 15) is 24.9 Å². The van der Waals surface area contributed by atoms with Gasteiger partial charge in [-0.3, -0.25) is 15.0 Å². The molecule has 1 aliphatic rings. The lowest BCUT2D eigenvalue weighted by Crippen LogP contribution is -2.58. The van der Waals surface area contributed by atoms with E-state index in [1.165, 1.54) is 29.2 Å². The Hall–Kier alpha value is -3.79. The van der Waals surface area contributed by atoms with Gasteiger partial charge in [0.2, 0.25) is 5.91 Å². The first kappa shape index (κ1) is 21.9. The topological polar surface area (TPSA) is 172 Å². The number of amides is 2. The molecule has 164 valence electrons. The molecule has 8 N–H and O–H groups in total. The molecule has 0 spiro atoms. The highest BCUT2D eigenvalue weighted by atomic mass is 16.3. The molecule has 1 fully saturated rings. The number of nitrogens with one attached hydrogen (secondary N) is 3. The van der Waals surface area contributed by atoms with Gasteiger partial charge in [-0.1, -0.05) is 12.1 Å². The van der Waals surface area contributed by atoms with Gasteiger partial charge in [0.25, 0.3) is 5.91 Å². The molecule has 31 heavy (non-hydrogen) atoms. The number of guanidine groups is 1. The lowest BCUT2D eigenvalue weighted by Gasteiger charge is -2.38. The lowest BCUT2D eigenvalue weighted by molar-refractivity contribution is -0.115. The Balaban J connectivity index is 1.62. The highest BCUT2D eigenvalue weighted by Crippen LogP contribution is 2.25. The number of aliphatic hydroxyl groups excluding tert-OH is 1. The summed E-state index contributed by atoms with van der Waals surface area (Å²) in [7, 11) is 0. The summed E-state index contributed by atoms with van der Waals surface area (Å²) in [5, 5.41) is 42.2. The molecular formula is C21H25N5O5. The number of phenols is 2. The van der Waals surface area contributed by atoms with Crippen LogP contribution in [-0.4, -0.2) is 56.8 Å². The van der Waals surface area contributed by atoms with E-state index in [-0.39, 0.29) is 29.8 Å². The SMILES string of the molecule is N=C(N)N1CCC[C@H](NC(=O)c2cccc(NC(=O)Cc3ccc(O)c(O)c3)c2)C1O. The predicted molar refractivity (Wildman–Crippen MR) is 114 cm³/mol. The average Bonchev–Trinajstić information content (AvgIpc) is 2.72. The molecule has 10 nitrogen and oxygen atoms in total. The summed E-state index contributed by atoms with van der Waals surface area (Å²) in [6.45, 7) is 0.448. The number of nitrogens with zero attached hydrogens (tertiary/aromatic N) is 1. The van der Waals surface area contributed by atoms with Crippen molar-refractivity contribution in [3.63, 3.8) is 0 Å². The molecule has 0 aromatic heterocycles. The first-order chi connectivity index (χ1) is 14.7. The first-order valence-electron chi connectivity index (χ1n) is 9.75. The smallest absolute Gasteiger partial charge is 0.251 e. The number of phenolic OH excluding ortho intramolecular Hbond substituents is 2. The molecule has 2 amide bonds. The van der Waals surface area contributed by atoms with Crippen molar-refractivity contribution in [2.75, 3.05) is 11.9 Å². The third kappa shape index (κ3) is 5.43. The van der Waals surface area contributed by atoms with E-state index >= 15 is 0 Å². The van der Waals surface area contributed by atoms with Crippen molar-refractivity contribution in [1.29, 1.82) is 5.41 Å². The number of carbonyl (C=O) groups is 2. The zero-order valence-electron chi connectivity index (χ0n) is 16.7. The van der Waals surface area contributed by atoms with Crippen molar-refractivity contribution in [2.24, 2.45) is 5.73 Å². The maximum atomic E-state index is 12.6. The van der Waals surface area contributed by atoms with E-state index in [0.717, 1.165) is 0 Å². The molecule has 0 bridgehead atoms. The van der Waals surface area contributed by atoms with E-state index in [1.54, 1.807) is 18.2 Å². The third-order valence-corrected chi connectivity index (χ3v) is 5.03. The van der Waals surface area contributed by atoms with Gasteiger partial charge in [0, 0.05) is 17.8 Å². The molecule has 0 saturated carbocycles. The molecule has 2 atom stereocenters. The normalized spacial score (nSPS) is 18.3. The Morgan fingerprint density at radius 2 is 1.94 bits per heavy atom. The summed E-state index contributed by atoms with van der Waals surface area (Å²) in [6.07, 6.45) is 0.107. The van der Waals surface area contributed by atoms with Crippen molar-refractivity contribution in [1.82, 2.24) is 10.2 Å². The molecular weight excluding hydrogens is 402 g/mol. The molecule has 0 radical (unpaired) electrons. The Bertz CT molecular complexity index is 996. The molecule has 2 aromatic carbocycles. The van der Waals surface area contributed by atoms with E-state index in [2.05, 4.69) is 10.6 Å². The van der Waals surface area contributed by atoms with Crippen LogP contribution in [0.15, 0.2) is 42.5 Å². The summed E-state index contributed by atoms with van der Waals surface area (Å²) in [5.74, 6) is -1.61. The van der Waals surface area contributed by atoms with E-state index in [1.807, 2.05) is 0 Å². The van der Waals surface area contributed by atoms with Crippen LogP contribution in [0.1, 0.15) is 28.8 Å². The third-order valence-electron chi connectivity index (χ3n) is 5.03. The molecule has 2 aromatic rings. The Morgan fingerprint density at radius 1 is 1.16 bits per heavy atom. The number of aliphatic hydroxyl groups is 1. The van der Waals surface area contributed by atoms with Crippen LogP contribution in [0.5, 0.6) is 11.5 Å². The van der Waals surface area contributed by atoms with Crippen LogP contribution < -0.4 is 16.4 Å². The Morgan fingerprint density at radius 3 is 2.65 bits per heavy atom. The van der Waals surface area contributed by atoms with Crippen LogP contribution in [-0.2, 0) is 11.2 Å². The number of rotatable bonds is 5. The zero-order valence-corrected chi connectivity index (χ0v) is 16.7. The van der Waals surface area contributed by atoms with Crippen LogP contribution in [0, 0.1) is 5.41 Å². The standard InChI is InChI=1S/C21H25N5O5/c22-21(23)26-8-2-5-15(20(26)31)25-19(30)13-3-1-4-14(11-13)24-18(29)10-12-6-7-16(27)17(28)9-12/h1,3-4,6-7,9,11,15,20,27-28,31H,2,5,8,10H2,(H3,22,23)(H,24,29)(H,25,30)/t15-,20?/m0/s1. The van der Waals surface area contributed by atoms with Gasteiger partial charge >= 0.3 is 0 Å². The van der Waals surface area contributed by atoms with Crippen molar-refractivity contribution in [3.8, 4) is 11.5 Å². The fourth-order valence-electron chi connectivity index (χ4n) is 3.45. The van der Waals surface area contributed by atoms with Gasteiger partial charge in [0.05, 0.1) is 12.5 Å². The fourth-order valence-corrected chi connectivity index (χ4v) is 3.45. The van der Waals surface area contributed by atoms with E-state index in [0.29, 0.717) is 36.2 Å². The number of likely N-dealkylation sites (tertiary alicyclic amines) is 1.